The van der Waals surface area contributed by atoms with Crippen LogP contribution in [0.5, 0.6) is 0 Å². The second-order valence-electron chi connectivity index (χ2n) is 5.12. The number of nitrogens with one attached hydrogen (secondary N) is 3. The zero-order valence-electron chi connectivity index (χ0n) is 13.1. The molecule has 3 N–H and O–H groups in total. The standard InChI is InChI=1S/C18H21N3O2/c1-2-14-8-10-16(11-9-14)21-17(22)13-20-18(23)19-12-15-6-4-3-5-7-15/h3-11H,2,12-13H2,1H3,(H,21,22)(H2,19,20,23). The summed E-state index contributed by atoms with van der Waals surface area (Å²) >= 11 is 0. The van der Waals surface area contributed by atoms with Crippen molar-refractivity contribution in [3.05, 3.63) is 65.7 Å². The van der Waals surface area contributed by atoms with E-state index in [-0.39, 0.29) is 18.5 Å². The zero-order chi connectivity index (χ0) is 16.5. The van der Waals surface area contributed by atoms with Crippen molar-refractivity contribution in [2.45, 2.75) is 19.9 Å². The third-order valence-electron chi connectivity index (χ3n) is 3.35. The molecule has 0 unspecified atom stereocenters. The van der Waals surface area contributed by atoms with Gasteiger partial charge in [0.15, 0.2) is 0 Å². The van der Waals surface area contributed by atoms with Crippen LogP contribution in [-0.4, -0.2) is 18.5 Å². The fourth-order valence-corrected chi connectivity index (χ4v) is 2.03. The Hall–Kier alpha value is -2.82. The molecule has 3 amide bonds. The molecule has 0 aliphatic rings. The molecule has 0 spiro atoms. The highest BCUT2D eigenvalue weighted by atomic mass is 16.2. The van der Waals surface area contributed by atoms with E-state index in [9.17, 15) is 9.59 Å². The minimum absolute atomic E-state index is 0.0733. The zero-order valence-corrected chi connectivity index (χ0v) is 13.1. The summed E-state index contributed by atoms with van der Waals surface area (Å²) in [5.74, 6) is -0.260. The lowest BCUT2D eigenvalue weighted by molar-refractivity contribution is -0.115. The molecular weight excluding hydrogens is 290 g/mol. The van der Waals surface area contributed by atoms with E-state index in [1.165, 1.54) is 5.56 Å². The van der Waals surface area contributed by atoms with Crippen molar-refractivity contribution in [3.8, 4) is 0 Å². The van der Waals surface area contributed by atoms with Gasteiger partial charge in [0.05, 0.1) is 6.54 Å². The van der Waals surface area contributed by atoms with Crippen LogP contribution in [0.15, 0.2) is 54.6 Å². The molecule has 0 radical (unpaired) electrons. The highest BCUT2D eigenvalue weighted by molar-refractivity contribution is 5.94. The molecule has 0 fully saturated rings. The summed E-state index contributed by atoms with van der Waals surface area (Å²) < 4.78 is 0. The van der Waals surface area contributed by atoms with Crippen LogP contribution in [0.2, 0.25) is 0 Å². The first-order valence-corrected chi connectivity index (χ1v) is 7.62. The molecule has 5 heteroatoms. The second-order valence-corrected chi connectivity index (χ2v) is 5.12. The molecule has 5 nitrogen and oxygen atoms in total. The Morgan fingerprint density at radius 3 is 2.22 bits per heavy atom. The number of carbonyl (C=O) groups excluding carboxylic acids is 2. The molecule has 0 aliphatic carbocycles. The quantitative estimate of drug-likeness (QED) is 0.767. The Balaban J connectivity index is 1.69. The first-order chi connectivity index (χ1) is 11.2. The fraction of sp³-hybridized carbons (Fsp3) is 0.222. The minimum Gasteiger partial charge on any atom is -0.334 e. The summed E-state index contributed by atoms with van der Waals surface area (Å²) in [5, 5.41) is 7.98. The Morgan fingerprint density at radius 1 is 0.870 bits per heavy atom. The summed E-state index contributed by atoms with van der Waals surface area (Å²) in [7, 11) is 0. The lowest BCUT2D eigenvalue weighted by Crippen LogP contribution is -2.39. The Morgan fingerprint density at radius 2 is 1.57 bits per heavy atom. The number of hydrogen-bond donors (Lipinski definition) is 3. The van der Waals surface area contributed by atoms with Crippen molar-refractivity contribution < 1.29 is 9.59 Å². The molecule has 0 saturated carbocycles. The molecule has 0 aliphatic heterocycles. The Bertz CT molecular complexity index is 639. The summed E-state index contributed by atoms with van der Waals surface area (Å²) in [6.45, 7) is 2.43. The number of rotatable bonds is 6. The van der Waals surface area contributed by atoms with Gasteiger partial charge < -0.3 is 16.0 Å². The van der Waals surface area contributed by atoms with Gasteiger partial charge >= 0.3 is 6.03 Å². The first kappa shape index (κ1) is 16.5. The smallest absolute Gasteiger partial charge is 0.315 e. The molecule has 2 rings (SSSR count). The van der Waals surface area contributed by atoms with Gasteiger partial charge in [0.2, 0.25) is 5.91 Å². The van der Waals surface area contributed by atoms with Crippen LogP contribution in [0.3, 0.4) is 0 Å². The molecule has 0 bridgehead atoms. The second kappa shape index (κ2) is 8.58. The van der Waals surface area contributed by atoms with E-state index in [1.807, 2.05) is 54.6 Å². The molecule has 0 heterocycles. The van der Waals surface area contributed by atoms with E-state index in [4.69, 9.17) is 0 Å². The molecule has 2 aromatic carbocycles. The van der Waals surface area contributed by atoms with Crippen LogP contribution in [0.4, 0.5) is 10.5 Å². The number of urea groups is 1. The topological polar surface area (TPSA) is 70.2 Å². The predicted molar refractivity (Wildman–Crippen MR) is 91.1 cm³/mol. The Kier molecular flexibility index (Phi) is 6.17. The van der Waals surface area contributed by atoms with E-state index >= 15 is 0 Å². The number of anilines is 1. The Labute approximate surface area is 136 Å². The number of hydrogen-bond acceptors (Lipinski definition) is 2. The van der Waals surface area contributed by atoms with Crippen LogP contribution in [0, 0.1) is 0 Å². The summed E-state index contributed by atoms with van der Waals surface area (Å²) in [6, 6.07) is 16.9. The number of carbonyl (C=O) groups is 2. The van der Waals surface area contributed by atoms with Gasteiger partial charge in [-0.2, -0.15) is 0 Å². The van der Waals surface area contributed by atoms with Crippen molar-refractivity contribution >= 4 is 17.6 Å². The van der Waals surface area contributed by atoms with Crippen LogP contribution in [0.1, 0.15) is 18.1 Å². The van der Waals surface area contributed by atoms with Gasteiger partial charge in [-0.1, -0.05) is 49.4 Å². The fourth-order valence-electron chi connectivity index (χ4n) is 2.03. The molecular formula is C18H21N3O2. The van der Waals surface area contributed by atoms with E-state index in [0.29, 0.717) is 6.54 Å². The molecule has 120 valence electrons. The van der Waals surface area contributed by atoms with Gasteiger partial charge in [0, 0.05) is 12.2 Å². The molecule has 2 aromatic rings. The van der Waals surface area contributed by atoms with E-state index in [0.717, 1.165) is 17.7 Å². The van der Waals surface area contributed by atoms with Gasteiger partial charge in [-0.3, -0.25) is 4.79 Å². The lowest BCUT2D eigenvalue weighted by Gasteiger charge is -2.09. The van der Waals surface area contributed by atoms with Crippen molar-refractivity contribution in [1.29, 1.82) is 0 Å². The van der Waals surface area contributed by atoms with E-state index < -0.39 is 0 Å². The maximum atomic E-state index is 11.8. The third-order valence-corrected chi connectivity index (χ3v) is 3.35. The largest absolute Gasteiger partial charge is 0.334 e. The van der Waals surface area contributed by atoms with Gasteiger partial charge in [-0.05, 0) is 29.7 Å². The maximum Gasteiger partial charge on any atom is 0.315 e. The number of amides is 3. The molecule has 0 aromatic heterocycles. The van der Waals surface area contributed by atoms with Gasteiger partial charge in [0.1, 0.15) is 0 Å². The van der Waals surface area contributed by atoms with Crippen molar-refractivity contribution in [1.82, 2.24) is 10.6 Å². The highest BCUT2D eigenvalue weighted by Gasteiger charge is 2.05. The number of benzene rings is 2. The van der Waals surface area contributed by atoms with Gasteiger partial charge in [0.25, 0.3) is 0 Å². The summed E-state index contributed by atoms with van der Waals surface area (Å²) in [4.78, 5) is 23.4. The lowest BCUT2D eigenvalue weighted by atomic mass is 10.1. The molecule has 0 atom stereocenters. The predicted octanol–water partition coefficient (Wildman–Crippen LogP) is 2.69. The summed E-state index contributed by atoms with van der Waals surface area (Å²) in [6.07, 6.45) is 0.956. The third kappa shape index (κ3) is 5.82. The van der Waals surface area contributed by atoms with Crippen LogP contribution in [0.25, 0.3) is 0 Å². The number of aryl methyl sites for hydroxylation is 1. The SMILES string of the molecule is CCc1ccc(NC(=O)CNC(=O)NCc2ccccc2)cc1. The monoisotopic (exact) mass is 311 g/mol. The average Bonchev–Trinajstić information content (AvgIpc) is 2.60. The van der Waals surface area contributed by atoms with Crippen molar-refractivity contribution in [2.75, 3.05) is 11.9 Å². The normalized spacial score (nSPS) is 9.96. The highest BCUT2D eigenvalue weighted by Crippen LogP contribution is 2.09. The van der Waals surface area contributed by atoms with E-state index in [2.05, 4.69) is 22.9 Å². The summed E-state index contributed by atoms with van der Waals surface area (Å²) in [5.41, 5.74) is 2.93. The average molecular weight is 311 g/mol. The van der Waals surface area contributed by atoms with Crippen LogP contribution >= 0.6 is 0 Å². The van der Waals surface area contributed by atoms with Crippen molar-refractivity contribution in [3.63, 3.8) is 0 Å². The maximum absolute atomic E-state index is 11.8. The molecule has 0 saturated heterocycles. The van der Waals surface area contributed by atoms with Crippen molar-refractivity contribution in [2.24, 2.45) is 0 Å². The van der Waals surface area contributed by atoms with E-state index in [1.54, 1.807) is 0 Å². The van der Waals surface area contributed by atoms with Crippen LogP contribution in [-0.2, 0) is 17.8 Å². The first-order valence-electron chi connectivity index (χ1n) is 7.62. The minimum atomic E-state index is -0.370. The van der Waals surface area contributed by atoms with Crippen LogP contribution < -0.4 is 16.0 Å². The van der Waals surface area contributed by atoms with Gasteiger partial charge in [-0.15, -0.1) is 0 Å². The van der Waals surface area contributed by atoms with Gasteiger partial charge in [-0.25, -0.2) is 4.79 Å². The molecule has 23 heavy (non-hydrogen) atoms.